The third-order valence-electron chi connectivity index (χ3n) is 2.46. The lowest BCUT2D eigenvalue weighted by atomic mass is 10.2. The maximum absolute atomic E-state index is 12.0. The van der Waals surface area contributed by atoms with Crippen molar-refractivity contribution in [2.75, 3.05) is 20.8 Å². The van der Waals surface area contributed by atoms with Gasteiger partial charge in [-0.25, -0.2) is 9.78 Å². The number of nitrogens with zero attached hydrogens (tertiary/aromatic N) is 1. The van der Waals surface area contributed by atoms with Crippen molar-refractivity contribution in [1.82, 2.24) is 4.90 Å². The molecule has 1 saturated heterocycles. The van der Waals surface area contributed by atoms with E-state index in [4.69, 9.17) is 9.62 Å². The van der Waals surface area contributed by atoms with Crippen LogP contribution in [0.3, 0.4) is 0 Å². The maximum Gasteiger partial charge on any atom is 0.255 e. The standard InChI is InChI=1S/C11H13NO4/c1-12(10-7-15-16-10)11(13)8-4-3-5-9(6-8)14-2/h3-6,10H,7H2,1-2H3. The molecule has 5 heteroatoms. The van der Waals surface area contributed by atoms with E-state index in [9.17, 15) is 4.79 Å². The summed E-state index contributed by atoms with van der Waals surface area (Å²) in [5.74, 6) is 0.539. The molecular formula is C11H13NO4. The molecule has 0 saturated carbocycles. The third kappa shape index (κ3) is 2.00. The Hall–Kier alpha value is -1.59. The third-order valence-corrected chi connectivity index (χ3v) is 2.46. The van der Waals surface area contributed by atoms with Crippen LogP contribution < -0.4 is 4.74 Å². The van der Waals surface area contributed by atoms with Crippen LogP contribution in [0.25, 0.3) is 0 Å². The molecule has 86 valence electrons. The molecule has 1 aromatic rings. The fourth-order valence-corrected chi connectivity index (χ4v) is 1.40. The largest absolute Gasteiger partial charge is 0.497 e. The van der Waals surface area contributed by atoms with E-state index in [1.807, 2.05) is 0 Å². The van der Waals surface area contributed by atoms with Crippen LogP contribution in [0.1, 0.15) is 10.4 Å². The second-order valence-electron chi connectivity index (χ2n) is 3.48. The minimum Gasteiger partial charge on any atom is -0.497 e. The number of likely N-dealkylation sites (N-methyl/N-ethyl adjacent to an activating group) is 1. The topological polar surface area (TPSA) is 48.0 Å². The smallest absolute Gasteiger partial charge is 0.255 e. The SMILES string of the molecule is COc1cccc(C(=O)N(C)C2COO2)c1. The van der Waals surface area contributed by atoms with Gasteiger partial charge in [-0.05, 0) is 18.2 Å². The van der Waals surface area contributed by atoms with Crippen LogP contribution in [0.5, 0.6) is 5.75 Å². The second kappa shape index (κ2) is 4.51. The number of carbonyl (C=O) groups is 1. The quantitative estimate of drug-likeness (QED) is 0.719. The molecule has 0 spiro atoms. The van der Waals surface area contributed by atoms with E-state index in [0.717, 1.165) is 0 Å². The van der Waals surface area contributed by atoms with Crippen LogP contribution in [0, 0.1) is 0 Å². The Balaban J connectivity index is 2.12. The van der Waals surface area contributed by atoms with Gasteiger partial charge in [0, 0.05) is 12.6 Å². The Kier molecular flexibility index (Phi) is 3.07. The van der Waals surface area contributed by atoms with Crippen molar-refractivity contribution in [3.8, 4) is 5.75 Å². The number of benzene rings is 1. The number of rotatable bonds is 3. The van der Waals surface area contributed by atoms with Crippen molar-refractivity contribution < 1.29 is 19.3 Å². The molecule has 1 fully saturated rings. The van der Waals surface area contributed by atoms with Gasteiger partial charge in [0.2, 0.25) is 0 Å². The van der Waals surface area contributed by atoms with Gasteiger partial charge >= 0.3 is 0 Å². The van der Waals surface area contributed by atoms with Gasteiger partial charge in [0.15, 0.2) is 6.23 Å². The monoisotopic (exact) mass is 223 g/mol. The predicted molar refractivity (Wildman–Crippen MR) is 55.9 cm³/mol. The van der Waals surface area contributed by atoms with E-state index >= 15 is 0 Å². The lowest BCUT2D eigenvalue weighted by Gasteiger charge is -2.32. The molecule has 5 nitrogen and oxygen atoms in total. The Morgan fingerprint density at radius 2 is 2.31 bits per heavy atom. The maximum atomic E-state index is 12.0. The summed E-state index contributed by atoms with van der Waals surface area (Å²) >= 11 is 0. The zero-order valence-corrected chi connectivity index (χ0v) is 9.17. The minimum absolute atomic E-state index is 0.118. The van der Waals surface area contributed by atoms with Gasteiger partial charge in [-0.1, -0.05) is 6.07 Å². The summed E-state index contributed by atoms with van der Waals surface area (Å²) in [7, 11) is 3.24. The fourth-order valence-electron chi connectivity index (χ4n) is 1.40. The average molecular weight is 223 g/mol. The Morgan fingerprint density at radius 1 is 1.56 bits per heavy atom. The molecule has 1 unspecified atom stereocenters. The zero-order valence-electron chi connectivity index (χ0n) is 9.17. The summed E-state index contributed by atoms with van der Waals surface area (Å²) < 4.78 is 5.06. The van der Waals surface area contributed by atoms with Crippen LogP contribution in [-0.2, 0) is 9.78 Å². The van der Waals surface area contributed by atoms with Gasteiger partial charge < -0.3 is 9.64 Å². The van der Waals surface area contributed by atoms with Crippen LogP contribution in [0.2, 0.25) is 0 Å². The molecule has 1 atom stereocenters. The van der Waals surface area contributed by atoms with Gasteiger partial charge in [-0.3, -0.25) is 4.79 Å². The zero-order chi connectivity index (χ0) is 11.5. The van der Waals surface area contributed by atoms with Crippen LogP contribution in [0.15, 0.2) is 24.3 Å². The van der Waals surface area contributed by atoms with E-state index in [0.29, 0.717) is 17.9 Å². The highest BCUT2D eigenvalue weighted by Gasteiger charge is 2.29. The Labute approximate surface area is 93.4 Å². The molecule has 1 aromatic carbocycles. The van der Waals surface area contributed by atoms with Crippen molar-refractivity contribution in [2.45, 2.75) is 6.23 Å². The molecule has 1 aliphatic heterocycles. The fraction of sp³-hybridized carbons (Fsp3) is 0.364. The van der Waals surface area contributed by atoms with Crippen molar-refractivity contribution >= 4 is 5.91 Å². The van der Waals surface area contributed by atoms with Gasteiger partial charge in [0.25, 0.3) is 5.91 Å². The first-order valence-corrected chi connectivity index (χ1v) is 4.92. The second-order valence-corrected chi connectivity index (χ2v) is 3.48. The van der Waals surface area contributed by atoms with Crippen molar-refractivity contribution in [1.29, 1.82) is 0 Å². The summed E-state index contributed by atoms with van der Waals surface area (Å²) in [5.41, 5.74) is 0.567. The molecule has 0 aromatic heterocycles. The van der Waals surface area contributed by atoms with E-state index in [1.54, 1.807) is 38.4 Å². The number of methoxy groups -OCH3 is 1. The number of carbonyl (C=O) groups excluding carboxylic acids is 1. The molecular weight excluding hydrogens is 210 g/mol. The first kappa shape index (κ1) is 10.9. The van der Waals surface area contributed by atoms with Gasteiger partial charge in [0.05, 0.1) is 7.11 Å². The van der Waals surface area contributed by atoms with E-state index in [1.165, 1.54) is 4.90 Å². The normalized spacial score (nSPS) is 18.8. The van der Waals surface area contributed by atoms with Crippen LogP contribution in [-0.4, -0.2) is 37.8 Å². The molecule has 0 N–H and O–H groups in total. The molecule has 1 aliphatic rings. The van der Waals surface area contributed by atoms with Crippen molar-refractivity contribution in [3.05, 3.63) is 29.8 Å². The average Bonchev–Trinajstić information content (AvgIpc) is 2.25. The summed E-state index contributed by atoms with van der Waals surface area (Å²) in [5, 5.41) is 0. The molecule has 2 rings (SSSR count). The first-order valence-electron chi connectivity index (χ1n) is 4.92. The molecule has 0 radical (unpaired) electrons. The highest BCUT2D eigenvalue weighted by atomic mass is 17.2. The Bertz CT molecular complexity index is 389. The molecule has 1 heterocycles. The van der Waals surface area contributed by atoms with E-state index < -0.39 is 0 Å². The van der Waals surface area contributed by atoms with Gasteiger partial charge in [0.1, 0.15) is 12.4 Å². The summed E-state index contributed by atoms with van der Waals surface area (Å²) in [4.78, 5) is 22.8. The summed E-state index contributed by atoms with van der Waals surface area (Å²) in [6.45, 7) is 0.409. The molecule has 1 amide bonds. The first-order chi connectivity index (χ1) is 7.72. The van der Waals surface area contributed by atoms with Crippen LogP contribution >= 0.6 is 0 Å². The lowest BCUT2D eigenvalue weighted by Crippen LogP contribution is -2.48. The van der Waals surface area contributed by atoms with E-state index in [2.05, 4.69) is 4.89 Å². The Morgan fingerprint density at radius 3 is 2.88 bits per heavy atom. The highest BCUT2D eigenvalue weighted by Crippen LogP contribution is 2.17. The number of hydrogen-bond donors (Lipinski definition) is 0. The minimum atomic E-state index is -0.293. The summed E-state index contributed by atoms with van der Waals surface area (Å²) in [6.07, 6.45) is -0.293. The van der Waals surface area contributed by atoms with E-state index in [-0.39, 0.29) is 12.1 Å². The van der Waals surface area contributed by atoms with Crippen molar-refractivity contribution in [3.63, 3.8) is 0 Å². The molecule has 16 heavy (non-hydrogen) atoms. The molecule has 0 bridgehead atoms. The van der Waals surface area contributed by atoms with Crippen molar-refractivity contribution in [2.24, 2.45) is 0 Å². The number of ether oxygens (including phenoxy) is 1. The van der Waals surface area contributed by atoms with Gasteiger partial charge in [-0.15, -0.1) is 0 Å². The number of hydrogen-bond acceptors (Lipinski definition) is 4. The lowest BCUT2D eigenvalue weighted by molar-refractivity contribution is -0.446. The highest BCUT2D eigenvalue weighted by molar-refractivity contribution is 5.94. The molecule has 0 aliphatic carbocycles. The predicted octanol–water partition coefficient (Wildman–Crippen LogP) is 1.06. The van der Waals surface area contributed by atoms with Crippen LogP contribution in [0.4, 0.5) is 0 Å². The summed E-state index contributed by atoms with van der Waals surface area (Å²) in [6, 6.07) is 7.00. The van der Waals surface area contributed by atoms with Gasteiger partial charge in [-0.2, -0.15) is 0 Å². The number of amides is 1.